The monoisotopic (exact) mass is 429 g/mol. The summed E-state index contributed by atoms with van der Waals surface area (Å²) in [6, 6.07) is 21.0. The van der Waals surface area contributed by atoms with Gasteiger partial charge in [0.25, 0.3) is 0 Å². The molecule has 0 N–H and O–H groups in total. The number of hydrogen-bond donors (Lipinski definition) is 0. The molecule has 1 saturated heterocycles. The van der Waals surface area contributed by atoms with E-state index in [2.05, 4.69) is 50.8 Å². The SMILES string of the molecule is CSN(c1cccnc1)C1CN(C(c2ccc(Cl)cc2)c2ccc(Cl)cc2)C1. The van der Waals surface area contributed by atoms with Crippen LogP contribution < -0.4 is 4.31 Å². The maximum atomic E-state index is 6.12. The van der Waals surface area contributed by atoms with Crippen LogP contribution in [-0.2, 0) is 0 Å². The summed E-state index contributed by atoms with van der Waals surface area (Å²) < 4.78 is 2.35. The number of halogens is 2. The molecular weight excluding hydrogens is 409 g/mol. The molecule has 28 heavy (non-hydrogen) atoms. The Morgan fingerprint density at radius 3 is 2.00 bits per heavy atom. The van der Waals surface area contributed by atoms with Crippen molar-refractivity contribution in [2.24, 2.45) is 0 Å². The number of anilines is 1. The van der Waals surface area contributed by atoms with Crippen LogP contribution >= 0.6 is 35.1 Å². The van der Waals surface area contributed by atoms with E-state index < -0.39 is 0 Å². The summed E-state index contributed by atoms with van der Waals surface area (Å²) >= 11 is 14.0. The van der Waals surface area contributed by atoms with E-state index >= 15 is 0 Å². The van der Waals surface area contributed by atoms with Crippen LogP contribution in [0.1, 0.15) is 17.2 Å². The van der Waals surface area contributed by atoms with E-state index in [1.54, 1.807) is 11.9 Å². The molecule has 1 aromatic heterocycles. The van der Waals surface area contributed by atoms with Crippen LogP contribution in [0, 0.1) is 0 Å². The third kappa shape index (κ3) is 4.15. The van der Waals surface area contributed by atoms with Crippen molar-refractivity contribution < 1.29 is 0 Å². The van der Waals surface area contributed by atoms with Crippen LogP contribution in [0.15, 0.2) is 73.1 Å². The predicted molar refractivity (Wildman–Crippen MR) is 120 cm³/mol. The molecule has 1 aliphatic rings. The van der Waals surface area contributed by atoms with Crippen molar-refractivity contribution in [3.8, 4) is 0 Å². The summed E-state index contributed by atoms with van der Waals surface area (Å²) in [5, 5.41) is 1.51. The van der Waals surface area contributed by atoms with Crippen molar-refractivity contribution in [3.05, 3.63) is 94.2 Å². The average molecular weight is 430 g/mol. The highest BCUT2D eigenvalue weighted by Crippen LogP contribution is 2.37. The average Bonchev–Trinajstić information content (AvgIpc) is 2.69. The second-order valence-electron chi connectivity index (χ2n) is 6.83. The van der Waals surface area contributed by atoms with Gasteiger partial charge in [0.15, 0.2) is 0 Å². The lowest BCUT2D eigenvalue weighted by Gasteiger charge is -2.49. The standard InChI is InChI=1S/C22H21Cl2N3S/c1-28-27(20-3-2-12-25-13-20)21-14-26(15-21)22(16-4-8-18(23)9-5-16)17-6-10-19(24)11-7-17/h2-13,21-22H,14-15H2,1H3. The zero-order valence-electron chi connectivity index (χ0n) is 15.5. The van der Waals surface area contributed by atoms with Gasteiger partial charge in [-0.05, 0) is 47.5 Å². The molecule has 0 atom stereocenters. The highest BCUT2D eigenvalue weighted by molar-refractivity contribution is 8.00. The van der Waals surface area contributed by atoms with E-state index in [9.17, 15) is 0 Å². The Labute approximate surface area is 180 Å². The molecule has 0 bridgehead atoms. The maximum absolute atomic E-state index is 6.12. The van der Waals surface area contributed by atoms with E-state index in [0.29, 0.717) is 6.04 Å². The number of pyridine rings is 1. The van der Waals surface area contributed by atoms with Gasteiger partial charge in [-0.15, -0.1) is 0 Å². The second kappa shape index (κ2) is 8.75. The first-order chi connectivity index (χ1) is 13.7. The van der Waals surface area contributed by atoms with Gasteiger partial charge < -0.3 is 4.31 Å². The molecule has 3 nitrogen and oxygen atoms in total. The lowest BCUT2D eigenvalue weighted by molar-refractivity contribution is 0.117. The fourth-order valence-corrected chi connectivity index (χ4v) is 4.70. The van der Waals surface area contributed by atoms with Gasteiger partial charge in [0.05, 0.1) is 24.0 Å². The first-order valence-corrected chi connectivity index (χ1v) is 11.1. The lowest BCUT2D eigenvalue weighted by atomic mass is 9.93. The zero-order chi connectivity index (χ0) is 19.5. The van der Waals surface area contributed by atoms with Crippen LogP contribution in [0.5, 0.6) is 0 Å². The highest BCUT2D eigenvalue weighted by atomic mass is 35.5. The van der Waals surface area contributed by atoms with Crippen LogP contribution in [0.25, 0.3) is 0 Å². The molecular formula is C22H21Cl2N3S. The van der Waals surface area contributed by atoms with Gasteiger partial charge in [-0.3, -0.25) is 9.88 Å². The van der Waals surface area contributed by atoms with Crippen molar-refractivity contribution >= 4 is 40.8 Å². The molecule has 0 saturated carbocycles. The fraction of sp³-hybridized carbons (Fsp3) is 0.227. The summed E-state index contributed by atoms with van der Waals surface area (Å²) in [5.41, 5.74) is 3.62. The number of hydrogen-bond acceptors (Lipinski definition) is 4. The van der Waals surface area contributed by atoms with Crippen molar-refractivity contribution in [1.82, 2.24) is 9.88 Å². The Hall–Kier alpha value is -1.72. The van der Waals surface area contributed by atoms with Crippen molar-refractivity contribution in [2.75, 3.05) is 23.7 Å². The molecule has 6 heteroatoms. The van der Waals surface area contributed by atoms with Crippen molar-refractivity contribution in [2.45, 2.75) is 12.1 Å². The number of rotatable bonds is 6. The van der Waals surface area contributed by atoms with E-state index in [-0.39, 0.29) is 6.04 Å². The van der Waals surface area contributed by atoms with Gasteiger partial charge in [0.1, 0.15) is 0 Å². The Morgan fingerprint density at radius 2 is 1.54 bits per heavy atom. The Morgan fingerprint density at radius 1 is 0.964 bits per heavy atom. The van der Waals surface area contributed by atoms with Crippen LogP contribution in [0.3, 0.4) is 0 Å². The van der Waals surface area contributed by atoms with E-state index in [4.69, 9.17) is 23.2 Å². The third-order valence-corrected chi connectivity index (χ3v) is 6.46. The van der Waals surface area contributed by atoms with Gasteiger partial charge in [0.2, 0.25) is 0 Å². The molecule has 1 fully saturated rings. The molecule has 0 unspecified atom stereocenters. The van der Waals surface area contributed by atoms with Gasteiger partial charge in [-0.25, -0.2) is 0 Å². The minimum absolute atomic E-state index is 0.184. The summed E-state index contributed by atoms with van der Waals surface area (Å²) in [5.74, 6) is 0. The molecule has 0 amide bonds. The predicted octanol–water partition coefficient (Wildman–Crippen LogP) is 5.95. The largest absolute Gasteiger partial charge is 0.309 e. The number of aromatic nitrogens is 1. The van der Waals surface area contributed by atoms with Gasteiger partial charge in [-0.1, -0.05) is 59.4 Å². The molecule has 0 aliphatic carbocycles. The van der Waals surface area contributed by atoms with Gasteiger partial charge in [-0.2, -0.15) is 0 Å². The Bertz CT molecular complexity index is 852. The topological polar surface area (TPSA) is 19.4 Å². The normalized spacial score (nSPS) is 14.9. The molecule has 0 radical (unpaired) electrons. The summed E-state index contributed by atoms with van der Waals surface area (Å²) in [6.07, 6.45) is 5.85. The molecule has 1 aliphatic heterocycles. The third-order valence-electron chi connectivity index (χ3n) is 5.06. The summed E-state index contributed by atoms with van der Waals surface area (Å²) in [7, 11) is 0. The zero-order valence-corrected chi connectivity index (χ0v) is 17.8. The molecule has 2 heterocycles. The molecule has 0 spiro atoms. The molecule has 2 aromatic carbocycles. The Balaban J connectivity index is 1.57. The van der Waals surface area contributed by atoms with Gasteiger partial charge in [0, 0.05) is 35.6 Å². The smallest absolute Gasteiger partial charge is 0.0661 e. The first kappa shape index (κ1) is 19.6. The van der Waals surface area contributed by atoms with Crippen LogP contribution in [0.4, 0.5) is 5.69 Å². The van der Waals surface area contributed by atoms with Gasteiger partial charge >= 0.3 is 0 Å². The lowest BCUT2D eigenvalue weighted by Crippen LogP contribution is -2.58. The molecule has 4 rings (SSSR count). The minimum atomic E-state index is 0.184. The second-order valence-corrected chi connectivity index (χ2v) is 8.46. The molecule has 144 valence electrons. The van der Waals surface area contributed by atoms with Crippen molar-refractivity contribution in [3.63, 3.8) is 0 Å². The van der Waals surface area contributed by atoms with E-state index in [1.807, 2.05) is 42.7 Å². The minimum Gasteiger partial charge on any atom is -0.309 e. The quantitative estimate of drug-likeness (QED) is 0.450. The van der Waals surface area contributed by atoms with E-state index in [0.717, 1.165) is 28.8 Å². The summed E-state index contributed by atoms with van der Waals surface area (Å²) in [6.45, 7) is 1.96. The maximum Gasteiger partial charge on any atom is 0.0661 e. The number of nitrogens with zero attached hydrogens (tertiary/aromatic N) is 3. The van der Waals surface area contributed by atoms with Crippen LogP contribution in [-0.4, -0.2) is 35.3 Å². The number of likely N-dealkylation sites (tertiary alicyclic amines) is 1. The highest BCUT2D eigenvalue weighted by Gasteiger charge is 2.37. The van der Waals surface area contributed by atoms with E-state index in [1.165, 1.54) is 11.1 Å². The van der Waals surface area contributed by atoms with Crippen molar-refractivity contribution in [1.29, 1.82) is 0 Å². The molecule has 3 aromatic rings. The fourth-order valence-electron chi connectivity index (χ4n) is 3.70. The van der Waals surface area contributed by atoms with Crippen LogP contribution in [0.2, 0.25) is 10.0 Å². The number of benzene rings is 2. The first-order valence-electron chi connectivity index (χ1n) is 9.14. The summed E-state index contributed by atoms with van der Waals surface area (Å²) in [4.78, 5) is 6.76. The Kier molecular flexibility index (Phi) is 6.12.